The van der Waals surface area contributed by atoms with Gasteiger partial charge in [0, 0.05) is 0 Å². The lowest BCUT2D eigenvalue weighted by atomic mass is 10.0. The zero-order chi connectivity index (χ0) is 21.1. The van der Waals surface area contributed by atoms with Gasteiger partial charge in [0.1, 0.15) is 5.25 Å². The van der Waals surface area contributed by atoms with Gasteiger partial charge in [-0.05, 0) is 12.8 Å². The minimum atomic E-state index is -4.15. The van der Waals surface area contributed by atoms with Gasteiger partial charge in [-0.1, -0.05) is 123 Å². The summed E-state index contributed by atoms with van der Waals surface area (Å²) in [4.78, 5) is 0. The van der Waals surface area contributed by atoms with Crippen LogP contribution in [0.15, 0.2) is 0 Å². The number of unbranched alkanes of at least 4 members (excludes halogenated alkanes) is 16. The maximum absolute atomic E-state index is 11.3. The lowest BCUT2D eigenvalue weighted by molar-refractivity contribution is 0.155. The van der Waals surface area contributed by atoms with E-state index in [0.717, 1.165) is 19.3 Å². The molecule has 0 amide bonds. The van der Waals surface area contributed by atoms with Crippen molar-refractivity contribution in [2.75, 3.05) is 0 Å². The van der Waals surface area contributed by atoms with Crippen LogP contribution in [-0.4, -0.2) is 29.4 Å². The van der Waals surface area contributed by atoms with Crippen LogP contribution in [0.3, 0.4) is 0 Å². The first-order valence-corrected chi connectivity index (χ1v) is 13.6. The summed E-state index contributed by atoms with van der Waals surface area (Å²) < 4.78 is 31.9. The van der Waals surface area contributed by atoms with E-state index in [4.69, 9.17) is 0 Å². The lowest BCUT2D eigenvalue weighted by Crippen LogP contribution is -2.33. The Bertz CT molecular complexity index is 422. The van der Waals surface area contributed by atoms with E-state index >= 15 is 0 Å². The van der Waals surface area contributed by atoms with E-state index in [1.807, 2.05) is 0 Å². The molecule has 0 aromatic heterocycles. The van der Waals surface area contributed by atoms with Crippen molar-refractivity contribution in [1.29, 1.82) is 0 Å². The van der Waals surface area contributed by atoms with Crippen LogP contribution in [-0.2, 0) is 10.1 Å². The SMILES string of the molecule is CCCCCCCCCCCCCCCCCCCC(C(O)CC)S(=O)(=O)O. The van der Waals surface area contributed by atoms with Crippen LogP contribution >= 0.6 is 0 Å². The monoisotopic (exact) mass is 420 g/mol. The molecule has 0 rings (SSSR count). The number of aliphatic hydroxyl groups is 1. The van der Waals surface area contributed by atoms with Gasteiger partial charge >= 0.3 is 0 Å². The molecule has 0 fully saturated rings. The molecule has 0 heterocycles. The number of hydrogen-bond donors (Lipinski definition) is 2. The zero-order valence-electron chi connectivity index (χ0n) is 18.7. The first kappa shape index (κ1) is 27.9. The van der Waals surface area contributed by atoms with Crippen molar-refractivity contribution < 1.29 is 18.1 Å². The minimum Gasteiger partial charge on any atom is -0.392 e. The van der Waals surface area contributed by atoms with Crippen LogP contribution in [0.2, 0.25) is 0 Å². The van der Waals surface area contributed by atoms with Crippen molar-refractivity contribution >= 4 is 10.1 Å². The summed E-state index contributed by atoms with van der Waals surface area (Å²) in [6, 6.07) is 0. The molecule has 4 nitrogen and oxygen atoms in total. The Balaban J connectivity index is 3.37. The van der Waals surface area contributed by atoms with Gasteiger partial charge in [0.05, 0.1) is 6.10 Å². The van der Waals surface area contributed by atoms with Crippen LogP contribution in [0.4, 0.5) is 0 Å². The summed E-state index contributed by atoms with van der Waals surface area (Å²) in [5.41, 5.74) is 0. The first-order chi connectivity index (χ1) is 13.4. The highest BCUT2D eigenvalue weighted by molar-refractivity contribution is 7.86. The van der Waals surface area contributed by atoms with Gasteiger partial charge in [0.25, 0.3) is 10.1 Å². The molecule has 0 radical (unpaired) electrons. The van der Waals surface area contributed by atoms with Crippen LogP contribution in [0.25, 0.3) is 0 Å². The fourth-order valence-corrected chi connectivity index (χ4v) is 4.93. The summed E-state index contributed by atoms with van der Waals surface area (Å²) in [7, 11) is -4.15. The van der Waals surface area contributed by atoms with Crippen LogP contribution in [0.1, 0.15) is 136 Å². The first-order valence-electron chi connectivity index (χ1n) is 12.1. The van der Waals surface area contributed by atoms with Crippen molar-refractivity contribution in [3.05, 3.63) is 0 Å². The average molecular weight is 421 g/mol. The van der Waals surface area contributed by atoms with E-state index in [1.165, 1.54) is 89.9 Å². The second-order valence-corrected chi connectivity index (χ2v) is 10.1. The smallest absolute Gasteiger partial charge is 0.270 e. The van der Waals surface area contributed by atoms with Gasteiger partial charge < -0.3 is 5.11 Å². The predicted molar refractivity (Wildman–Crippen MR) is 120 cm³/mol. The Labute approximate surface area is 175 Å². The van der Waals surface area contributed by atoms with Crippen molar-refractivity contribution in [3.63, 3.8) is 0 Å². The van der Waals surface area contributed by atoms with Gasteiger partial charge in [-0.15, -0.1) is 0 Å². The van der Waals surface area contributed by atoms with Crippen LogP contribution in [0, 0.1) is 0 Å². The fourth-order valence-electron chi connectivity index (χ4n) is 3.87. The van der Waals surface area contributed by atoms with Crippen molar-refractivity contribution in [3.8, 4) is 0 Å². The highest BCUT2D eigenvalue weighted by Crippen LogP contribution is 2.18. The van der Waals surface area contributed by atoms with E-state index in [9.17, 15) is 18.1 Å². The van der Waals surface area contributed by atoms with Crippen molar-refractivity contribution in [2.24, 2.45) is 0 Å². The Morgan fingerprint density at radius 1 is 0.607 bits per heavy atom. The molecular weight excluding hydrogens is 372 g/mol. The van der Waals surface area contributed by atoms with E-state index < -0.39 is 21.5 Å². The highest BCUT2D eigenvalue weighted by atomic mass is 32.2. The third-order valence-electron chi connectivity index (χ3n) is 5.82. The summed E-state index contributed by atoms with van der Waals surface area (Å²) in [5.74, 6) is 0. The molecule has 5 heteroatoms. The van der Waals surface area contributed by atoms with Gasteiger partial charge in [-0.2, -0.15) is 8.42 Å². The molecule has 0 bridgehead atoms. The summed E-state index contributed by atoms with van der Waals surface area (Å²) in [6.45, 7) is 4.00. The molecule has 0 aliphatic carbocycles. The van der Waals surface area contributed by atoms with Crippen molar-refractivity contribution in [2.45, 2.75) is 147 Å². The molecule has 0 spiro atoms. The molecule has 0 aliphatic rings. The third kappa shape index (κ3) is 16.8. The molecule has 2 unspecified atom stereocenters. The molecule has 0 aromatic carbocycles. The molecule has 170 valence electrons. The summed E-state index contributed by atoms with van der Waals surface area (Å²) in [6.07, 6.45) is 21.6. The highest BCUT2D eigenvalue weighted by Gasteiger charge is 2.29. The van der Waals surface area contributed by atoms with E-state index in [1.54, 1.807) is 6.92 Å². The fraction of sp³-hybridized carbons (Fsp3) is 1.00. The average Bonchev–Trinajstić information content (AvgIpc) is 2.65. The number of aliphatic hydroxyl groups excluding tert-OH is 1. The molecule has 0 saturated heterocycles. The van der Waals surface area contributed by atoms with Crippen LogP contribution in [0.5, 0.6) is 0 Å². The van der Waals surface area contributed by atoms with E-state index in [2.05, 4.69) is 6.92 Å². The van der Waals surface area contributed by atoms with E-state index in [0.29, 0.717) is 12.8 Å². The minimum absolute atomic E-state index is 0.351. The molecule has 28 heavy (non-hydrogen) atoms. The molecule has 0 saturated carbocycles. The quantitative estimate of drug-likeness (QED) is 0.154. The topological polar surface area (TPSA) is 74.6 Å². The Morgan fingerprint density at radius 3 is 1.21 bits per heavy atom. The molecular formula is C23H48O4S. The largest absolute Gasteiger partial charge is 0.392 e. The Hall–Kier alpha value is -0.130. The van der Waals surface area contributed by atoms with Gasteiger partial charge in [0.15, 0.2) is 0 Å². The van der Waals surface area contributed by atoms with Gasteiger partial charge in [-0.3, -0.25) is 4.55 Å². The number of rotatable bonds is 21. The molecule has 0 aromatic rings. The zero-order valence-corrected chi connectivity index (χ0v) is 19.5. The maximum Gasteiger partial charge on any atom is 0.270 e. The standard InChI is InChI=1S/C23H48O4S/c1-3-5-6-7-8-9-10-11-12-13-14-15-16-17-18-19-20-21-23(22(24)4-2)28(25,26)27/h22-24H,3-21H2,1-2H3,(H,25,26,27). The second kappa shape index (κ2) is 18.9. The number of hydrogen-bond acceptors (Lipinski definition) is 3. The molecule has 2 N–H and O–H groups in total. The summed E-state index contributed by atoms with van der Waals surface area (Å²) in [5, 5.41) is 8.73. The van der Waals surface area contributed by atoms with Crippen LogP contribution < -0.4 is 0 Å². The van der Waals surface area contributed by atoms with Gasteiger partial charge in [-0.25, -0.2) is 0 Å². The van der Waals surface area contributed by atoms with Crippen molar-refractivity contribution in [1.82, 2.24) is 0 Å². The predicted octanol–water partition coefficient (Wildman–Crippen LogP) is 7.06. The Morgan fingerprint density at radius 2 is 0.929 bits per heavy atom. The second-order valence-electron chi connectivity index (χ2n) is 8.47. The normalized spacial score (nSPS) is 14.3. The third-order valence-corrected chi connectivity index (χ3v) is 7.14. The summed E-state index contributed by atoms with van der Waals surface area (Å²) >= 11 is 0. The van der Waals surface area contributed by atoms with Gasteiger partial charge in [0.2, 0.25) is 0 Å². The maximum atomic E-state index is 11.3. The molecule has 2 atom stereocenters. The Kier molecular flexibility index (Phi) is 18.8. The lowest BCUT2D eigenvalue weighted by Gasteiger charge is -2.18. The molecule has 0 aliphatic heterocycles. The van der Waals surface area contributed by atoms with E-state index in [-0.39, 0.29) is 0 Å².